The average molecular weight is 199 g/mol. The lowest BCUT2D eigenvalue weighted by Gasteiger charge is -2.10. The molecule has 4 nitrogen and oxygen atoms in total. The van der Waals surface area contributed by atoms with Crippen molar-refractivity contribution in [3.63, 3.8) is 0 Å². The van der Waals surface area contributed by atoms with Crippen molar-refractivity contribution >= 4 is 5.84 Å². The molecule has 1 heterocycles. The van der Waals surface area contributed by atoms with Gasteiger partial charge in [-0.3, -0.25) is 4.99 Å². The third kappa shape index (κ3) is 5.19. The summed E-state index contributed by atoms with van der Waals surface area (Å²) in [4.78, 5) is 6.44. The van der Waals surface area contributed by atoms with E-state index in [0.717, 1.165) is 45.1 Å². The minimum absolute atomic E-state index is 0.771. The number of hydrogen-bond acceptors (Lipinski definition) is 4. The van der Waals surface area contributed by atoms with Crippen molar-refractivity contribution in [1.82, 2.24) is 10.2 Å². The Morgan fingerprint density at radius 1 is 1.43 bits per heavy atom. The van der Waals surface area contributed by atoms with E-state index >= 15 is 0 Å². The van der Waals surface area contributed by atoms with Crippen molar-refractivity contribution in [2.45, 2.75) is 12.8 Å². The number of likely N-dealkylation sites (N-methyl/N-ethyl adjacent to an activating group) is 1. The third-order valence-corrected chi connectivity index (χ3v) is 2.13. The van der Waals surface area contributed by atoms with Crippen molar-refractivity contribution in [2.24, 2.45) is 4.99 Å². The second-order valence-corrected chi connectivity index (χ2v) is 3.77. The fourth-order valence-corrected chi connectivity index (χ4v) is 1.30. The maximum absolute atomic E-state index is 5.45. The average Bonchev–Trinajstić information content (AvgIpc) is 2.63. The molecule has 0 bridgehead atoms. The van der Waals surface area contributed by atoms with Gasteiger partial charge >= 0.3 is 0 Å². The molecular formula is C10H21N3O. The van der Waals surface area contributed by atoms with Gasteiger partial charge in [-0.05, 0) is 20.5 Å². The Hall–Kier alpha value is -0.610. The van der Waals surface area contributed by atoms with Gasteiger partial charge in [-0.15, -0.1) is 0 Å². The SMILES string of the molecule is CN(C)CCOCCNC1=NCCC1. The van der Waals surface area contributed by atoms with Crippen LogP contribution in [0.5, 0.6) is 0 Å². The largest absolute Gasteiger partial charge is 0.378 e. The molecule has 1 aliphatic rings. The number of ether oxygens (including phenoxy) is 1. The minimum Gasteiger partial charge on any atom is -0.378 e. The number of amidine groups is 1. The van der Waals surface area contributed by atoms with Crippen LogP contribution in [-0.2, 0) is 4.74 Å². The summed E-state index contributed by atoms with van der Waals surface area (Å²) in [6.07, 6.45) is 2.31. The zero-order valence-electron chi connectivity index (χ0n) is 9.25. The molecule has 0 spiro atoms. The van der Waals surface area contributed by atoms with Gasteiger partial charge in [0.25, 0.3) is 0 Å². The van der Waals surface area contributed by atoms with Crippen molar-refractivity contribution in [1.29, 1.82) is 0 Å². The molecule has 1 N–H and O–H groups in total. The fraction of sp³-hybridized carbons (Fsp3) is 0.900. The lowest BCUT2D eigenvalue weighted by Crippen LogP contribution is -2.27. The Morgan fingerprint density at radius 2 is 2.29 bits per heavy atom. The second-order valence-electron chi connectivity index (χ2n) is 3.77. The van der Waals surface area contributed by atoms with Gasteiger partial charge in [-0.2, -0.15) is 0 Å². The highest BCUT2D eigenvalue weighted by Crippen LogP contribution is 2.00. The van der Waals surface area contributed by atoms with E-state index in [2.05, 4.69) is 29.3 Å². The first kappa shape index (κ1) is 11.5. The van der Waals surface area contributed by atoms with E-state index in [9.17, 15) is 0 Å². The molecule has 0 saturated carbocycles. The molecule has 0 saturated heterocycles. The Morgan fingerprint density at radius 3 is 2.93 bits per heavy atom. The van der Waals surface area contributed by atoms with E-state index in [1.54, 1.807) is 0 Å². The molecule has 0 fully saturated rings. The first-order valence-corrected chi connectivity index (χ1v) is 5.28. The predicted octanol–water partition coefficient (Wildman–Crippen LogP) is 0.347. The van der Waals surface area contributed by atoms with Gasteiger partial charge in [0, 0.05) is 26.1 Å². The molecule has 14 heavy (non-hydrogen) atoms. The second kappa shape index (κ2) is 6.79. The summed E-state index contributed by atoms with van der Waals surface area (Å²) in [5.41, 5.74) is 0. The van der Waals surface area contributed by atoms with E-state index < -0.39 is 0 Å². The summed E-state index contributed by atoms with van der Waals surface area (Å²) in [7, 11) is 4.10. The number of rotatable bonds is 6. The van der Waals surface area contributed by atoms with Crippen molar-refractivity contribution in [3.05, 3.63) is 0 Å². The van der Waals surface area contributed by atoms with Crippen LogP contribution in [0, 0.1) is 0 Å². The molecular weight excluding hydrogens is 178 g/mol. The number of nitrogens with one attached hydrogen (secondary N) is 1. The summed E-state index contributed by atoms with van der Waals surface area (Å²) < 4.78 is 5.45. The Labute approximate surface area is 86.3 Å². The standard InChI is InChI=1S/C10H21N3O/c1-13(2)7-9-14-8-6-12-10-4-3-5-11-10/h3-9H2,1-2H3,(H,11,12). The van der Waals surface area contributed by atoms with Crippen LogP contribution >= 0.6 is 0 Å². The molecule has 0 amide bonds. The summed E-state index contributed by atoms with van der Waals surface area (Å²) in [5.74, 6) is 1.15. The molecule has 0 aromatic heterocycles. The van der Waals surface area contributed by atoms with Crippen LogP contribution in [0.15, 0.2) is 4.99 Å². The van der Waals surface area contributed by atoms with E-state index in [1.807, 2.05) is 0 Å². The minimum atomic E-state index is 0.771. The van der Waals surface area contributed by atoms with Crippen LogP contribution in [0.1, 0.15) is 12.8 Å². The van der Waals surface area contributed by atoms with Gasteiger partial charge < -0.3 is 15.0 Å². The van der Waals surface area contributed by atoms with Crippen LogP contribution < -0.4 is 5.32 Å². The Kier molecular flexibility index (Phi) is 5.56. The van der Waals surface area contributed by atoms with E-state index in [4.69, 9.17) is 4.74 Å². The molecule has 0 aliphatic carbocycles. The van der Waals surface area contributed by atoms with Gasteiger partial charge in [0.05, 0.1) is 19.0 Å². The maximum Gasteiger partial charge on any atom is 0.0964 e. The van der Waals surface area contributed by atoms with Crippen LogP contribution in [0.2, 0.25) is 0 Å². The first-order chi connectivity index (χ1) is 6.79. The predicted molar refractivity (Wildman–Crippen MR) is 58.9 cm³/mol. The first-order valence-electron chi connectivity index (χ1n) is 5.28. The zero-order chi connectivity index (χ0) is 10.2. The van der Waals surface area contributed by atoms with Crippen LogP contribution in [0.4, 0.5) is 0 Å². The molecule has 0 radical (unpaired) electrons. The van der Waals surface area contributed by atoms with Crippen molar-refractivity contribution in [3.8, 4) is 0 Å². The third-order valence-electron chi connectivity index (χ3n) is 2.13. The van der Waals surface area contributed by atoms with E-state index in [0.29, 0.717) is 0 Å². The van der Waals surface area contributed by atoms with Crippen LogP contribution in [0.3, 0.4) is 0 Å². The lowest BCUT2D eigenvalue weighted by atomic mass is 10.3. The fourth-order valence-electron chi connectivity index (χ4n) is 1.30. The molecule has 0 aromatic carbocycles. The molecule has 82 valence electrons. The van der Waals surface area contributed by atoms with Crippen molar-refractivity contribution < 1.29 is 4.74 Å². The van der Waals surface area contributed by atoms with Gasteiger partial charge in [0.1, 0.15) is 0 Å². The topological polar surface area (TPSA) is 36.9 Å². The molecule has 1 rings (SSSR count). The number of hydrogen-bond donors (Lipinski definition) is 1. The molecule has 0 atom stereocenters. The highest BCUT2D eigenvalue weighted by atomic mass is 16.5. The summed E-state index contributed by atoms with van der Waals surface area (Å²) in [6, 6.07) is 0. The molecule has 1 aliphatic heterocycles. The van der Waals surface area contributed by atoms with Crippen LogP contribution in [0.25, 0.3) is 0 Å². The molecule has 0 unspecified atom stereocenters. The summed E-state index contributed by atoms with van der Waals surface area (Å²) in [5, 5.41) is 3.28. The number of aliphatic imine (C=N–C) groups is 1. The summed E-state index contributed by atoms with van der Waals surface area (Å²) >= 11 is 0. The zero-order valence-corrected chi connectivity index (χ0v) is 9.25. The summed E-state index contributed by atoms with van der Waals surface area (Å²) in [6.45, 7) is 4.44. The highest BCUT2D eigenvalue weighted by Gasteiger charge is 2.03. The lowest BCUT2D eigenvalue weighted by molar-refractivity contribution is 0.122. The monoisotopic (exact) mass is 199 g/mol. The van der Waals surface area contributed by atoms with Gasteiger partial charge in [0.15, 0.2) is 0 Å². The molecule has 0 aromatic rings. The van der Waals surface area contributed by atoms with Crippen LogP contribution in [-0.4, -0.2) is 57.7 Å². The maximum atomic E-state index is 5.45. The Balaban J connectivity index is 1.84. The van der Waals surface area contributed by atoms with Gasteiger partial charge in [-0.25, -0.2) is 0 Å². The number of nitrogens with zero attached hydrogens (tertiary/aromatic N) is 2. The molecule has 4 heteroatoms. The highest BCUT2D eigenvalue weighted by molar-refractivity contribution is 5.83. The van der Waals surface area contributed by atoms with E-state index in [-0.39, 0.29) is 0 Å². The van der Waals surface area contributed by atoms with Crippen molar-refractivity contribution in [2.75, 3.05) is 46.9 Å². The van der Waals surface area contributed by atoms with Gasteiger partial charge in [0.2, 0.25) is 0 Å². The normalized spacial score (nSPS) is 16.1. The smallest absolute Gasteiger partial charge is 0.0964 e. The van der Waals surface area contributed by atoms with Gasteiger partial charge in [-0.1, -0.05) is 0 Å². The van der Waals surface area contributed by atoms with E-state index in [1.165, 1.54) is 6.42 Å². The Bertz CT molecular complexity index is 180. The quantitative estimate of drug-likeness (QED) is 0.627.